The molecule has 0 fully saturated rings. The van der Waals surface area contributed by atoms with Crippen LogP contribution in [0.2, 0.25) is 0 Å². The van der Waals surface area contributed by atoms with Crippen molar-refractivity contribution in [2.75, 3.05) is 11.5 Å². The molecule has 0 atom stereocenters. The number of esters is 1. The third-order valence-electron chi connectivity index (χ3n) is 4.63. The normalized spacial score (nSPS) is 11.1. The van der Waals surface area contributed by atoms with Gasteiger partial charge in [0.05, 0.1) is 17.1 Å². The fraction of sp³-hybridized carbons (Fsp3) is 0.167. The Morgan fingerprint density at radius 3 is 2.12 bits per heavy atom. The summed E-state index contributed by atoms with van der Waals surface area (Å²) in [5.41, 5.74) is 1.65. The first-order valence-electron chi connectivity index (χ1n) is 10.0. The van der Waals surface area contributed by atoms with Crippen LogP contribution in [0.3, 0.4) is 0 Å². The SMILES string of the molecule is CCOC(=O)/C(O)=C/c1ccnc(N(Cc2ccccc2)Cc2ccccc2)c1[N+](=O)[O-]. The van der Waals surface area contributed by atoms with Crippen LogP contribution in [0.15, 0.2) is 78.7 Å². The zero-order valence-electron chi connectivity index (χ0n) is 17.5. The van der Waals surface area contributed by atoms with E-state index in [9.17, 15) is 20.0 Å². The van der Waals surface area contributed by atoms with Crippen LogP contribution in [0.1, 0.15) is 23.6 Å². The Hall–Kier alpha value is -4.20. The number of nitrogens with zero attached hydrogens (tertiary/aromatic N) is 3. The smallest absolute Gasteiger partial charge is 0.373 e. The van der Waals surface area contributed by atoms with Crippen LogP contribution in [-0.2, 0) is 22.6 Å². The fourth-order valence-corrected chi connectivity index (χ4v) is 3.22. The summed E-state index contributed by atoms with van der Waals surface area (Å²) in [4.78, 5) is 29.4. The van der Waals surface area contributed by atoms with Crippen molar-refractivity contribution in [3.05, 3.63) is 105 Å². The van der Waals surface area contributed by atoms with Crippen molar-refractivity contribution in [1.82, 2.24) is 4.98 Å². The number of rotatable bonds is 9. The Balaban J connectivity index is 2.07. The minimum absolute atomic E-state index is 0.0525. The van der Waals surface area contributed by atoms with Crippen molar-refractivity contribution >= 4 is 23.6 Å². The molecule has 3 aromatic rings. The molecule has 0 aliphatic heterocycles. The Labute approximate surface area is 185 Å². The molecular weight excluding hydrogens is 410 g/mol. The highest BCUT2D eigenvalue weighted by molar-refractivity contribution is 5.92. The highest BCUT2D eigenvalue weighted by Crippen LogP contribution is 2.33. The number of aromatic nitrogens is 1. The quantitative estimate of drug-likeness (QED) is 0.172. The van der Waals surface area contributed by atoms with Crippen LogP contribution in [0.4, 0.5) is 11.5 Å². The van der Waals surface area contributed by atoms with E-state index in [-0.39, 0.29) is 23.7 Å². The van der Waals surface area contributed by atoms with Crippen molar-refractivity contribution in [3.8, 4) is 0 Å². The van der Waals surface area contributed by atoms with Gasteiger partial charge in [0.15, 0.2) is 0 Å². The Morgan fingerprint density at radius 1 is 1.06 bits per heavy atom. The summed E-state index contributed by atoms with van der Waals surface area (Å²) in [7, 11) is 0. The van der Waals surface area contributed by atoms with Crippen molar-refractivity contribution in [2.24, 2.45) is 0 Å². The Kier molecular flexibility index (Phi) is 7.53. The first-order chi connectivity index (χ1) is 15.5. The average Bonchev–Trinajstić information content (AvgIpc) is 2.80. The second kappa shape index (κ2) is 10.7. The minimum atomic E-state index is -0.953. The molecule has 8 heteroatoms. The van der Waals surface area contributed by atoms with Gasteiger partial charge in [0, 0.05) is 25.4 Å². The number of ether oxygens (including phenoxy) is 1. The number of benzene rings is 2. The summed E-state index contributed by atoms with van der Waals surface area (Å²) >= 11 is 0. The number of carbonyl (C=O) groups is 1. The third-order valence-corrected chi connectivity index (χ3v) is 4.63. The predicted octanol–water partition coefficient (Wildman–Crippen LogP) is 4.66. The van der Waals surface area contributed by atoms with Crippen LogP contribution in [0, 0.1) is 10.1 Å². The molecule has 0 saturated heterocycles. The van der Waals surface area contributed by atoms with E-state index in [1.165, 1.54) is 12.3 Å². The maximum Gasteiger partial charge on any atom is 0.373 e. The van der Waals surface area contributed by atoms with Gasteiger partial charge in [-0.2, -0.15) is 0 Å². The Morgan fingerprint density at radius 2 is 1.62 bits per heavy atom. The second-order valence-corrected chi connectivity index (χ2v) is 6.91. The predicted molar refractivity (Wildman–Crippen MR) is 121 cm³/mol. The van der Waals surface area contributed by atoms with Gasteiger partial charge >= 0.3 is 11.7 Å². The fourth-order valence-electron chi connectivity index (χ4n) is 3.22. The van der Waals surface area contributed by atoms with E-state index in [1.54, 1.807) is 11.8 Å². The molecular formula is C24H23N3O5. The lowest BCUT2D eigenvalue weighted by Crippen LogP contribution is -2.24. The summed E-state index contributed by atoms with van der Waals surface area (Å²) in [6, 6.07) is 20.5. The highest BCUT2D eigenvalue weighted by atomic mass is 16.6. The molecule has 1 heterocycles. The molecule has 1 aromatic heterocycles. The average molecular weight is 433 g/mol. The number of carbonyl (C=O) groups excluding carboxylic acids is 1. The van der Waals surface area contributed by atoms with Crippen molar-refractivity contribution < 1.29 is 19.6 Å². The van der Waals surface area contributed by atoms with E-state index < -0.39 is 16.7 Å². The minimum Gasteiger partial charge on any atom is -0.502 e. The molecule has 0 amide bonds. The lowest BCUT2D eigenvalue weighted by atomic mass is 10.1. The number of aliphatic hydroxyl groups is 1. The van der Waals surface area contributed by atoms with E-state index in [0.717, 1.165) is 17.2 Å². The summed E-state index contributed by atoms with van der Waals surface area (Å²) in [5.74, 6) is -1.54. The van der Waals surface area contributed by atoms with Gasteiger partial charge in [0.2, 0.25) is 11.6 Å². The molecule has 164 valence electrons. The lowest BCUT2D eigenvalue weighted by molar-refractivity contribution is -0.384. The van der Waals surface area contributed by atoms with Gasteiger partial charge in [-0.1, -0.05) is 60.7 Å². The summed E-state index contributed by atoms with van der Waals surface area (Å²) in [5, 5.41) is 22.1. The molecule has 0 bridgehead atoms. The maximum atomic E-state index is 12.0. The van der Waals surface area contributed by atoms with Crippen LogP contribution in [-0.4, -0.2) is 27.6 Å². The molecule has 0 aliphatic carbocycles. The van der Waals surface area contributed by atoms with E-state index in [4.69, 9.17) is 4.74 Å². The number of nitro groups is 1. The monoisotopic (exact) mass is 433 g/mol. The number of hydrogen-bond acceptors (Lipinski definition) is 7. The maximum absolute atomic E-state index is 12.0. The van der Waals surface area contributed by atoms with Gasteiger partial charge in [-0.3, -0.25) is 10.1 Å². The zero-order valence-corrected chi connectivity index (χ0v) is 17.5. The number of aliphatic hydroxyl groups excluding tert-OH is 1. The molecule has 2 aromatic carbocycles. The first-order valence-corrected chi connectivity index (χ1v) is 10.0. The van der Waals surface area contributed by atoms with Crippen molar-refractivity contribution in [3.63, 3.8) is 0 Å². The van der Waals surface area contributed by atoms with E-state index in [1.807, 2.05) is 60.7 Å². The number of anilines is 1. The van der Waals surface area contributed by atoms with Crippen LogP contribution >= 0.6 is 0 Å². The first kappa shape index (κ1) is 22.5. The molecule has 0 radical (unpaired) electrons. The summed E-state index contributed by atoms with van der Waals surface area (Å²) in [6.07, 6.45) is 2.44. The molecule has 0 unspecified atom stereocenters. The Bertz CT molecular complexity index is 1060. The molecule has 1 N–H and O–H groups in total. The van der Waals surface area contributed by atoms with Crippen LogP contribution in [0.5, 0.6) is 0 Å². The second-order valence-electron chi connectivity index (χ2n) is 6.91. The number of pyridine rings is 1. The van der Waals surface area contributed by atoms with E-state index in [2.05, 4.69) is 4.98 Å². The van der Waals surface area contributed by atoms with E-state index >= 15 is 0 Å². The highest BCUT2D eigenvalue weighted by Gasteiger charge is 2.26. The van der Waals surface area contributed by atoms with Crippen LogP contribution in [0.25, 0.3) is 6.08 Å². The zero-order chi connectivity index (χ0) is 22.9. The van der Waals surface area contributed by atoms with Gasteiger partial charge < -0.3 is 14.7 Å². The van der Waals surface area contributed by atoms with Gasteiger partial charge in [0.1, 0.15) is 0 Å². The van der Waals surface area contributed by atoms with Gasteiger partial charge in [-0.25, -0.2) is 9.78 Å². The molecule has 0 spiro atoms. The summed E-state index contributed by atoms with van der Waals surface area (Å²) < 4.78 is 4.76. The number of hydrogen-bond donors (Lipinski definition) is 1. The molecule has 8 nitrogen and oxygen atoms in total. The van der Waals surface area contributed by atoms with Crippen molar-refractivity contribution in [2.45, 2.75) is 20.0 Å². The molecule has 0 saturated carbocycles. The molecule has 32 heavy (non-hydrogen) atoms. The van der Waals surface area contributed by atoms with Crippen molar-refractivity contribution in [1.29, 1.82) is 0 Å². The lowest BCUT2D eigenvalue weighted by Gasteiger charge is -2.24. The van der Waals surface area contributed by atoms with Gasteiger partial charge in [-0.05, 0) is 24.1 Å². The largest absolute Gasteiger partial charge is 0.502 e. The van der Waals surface area contributed by atoms with Crippen LogP contribution < -0.4 is 4.90 Å². The third kappa shape index (κ3) is 5.69. The van der Waals surface area contributed by atoms with Gasteiger partial charge in [-0.15, -0.1) is 0 Å². The standard InChI is InChI=1S/C24H23N3O5/c1-2-32-24(29)21(28)15-20-13-14-25-23(22(20)27(30)31)26(16-18-9-5-3-6-10-18)17-19-11-7-4-8-12-19/h3-15,28H,2,16-17H2,1H3/b21-15-. The summed E-state index contributed by atoms with van der Waals surface area (Å²) in [6.45, 7) is 2.42. The van der Waals surface area contributed by atoms with E-state index in [0.29, 0.717) is 13.1 Å². The van der Waals surface area contributed by atoms with Gasteiger partial charge in [0.25, 0.3) is 0 Å². The molecule has 0 aliphatic rings. The molecule has 3 rings (SSSR count). The topological polar surface area (TPSA) is 106 Å².